The second-order valence-corrected chi connectivity index (χ2v) is 7.15. The number of para-hydroxylation sites is 1. The van der Waals surface area contributed by atoms with Crippen LogP contribution in [0.25, 0.3) is 10.8 Å². The first-order valence-electron chi connectivity index (χ1n) is 8.90. The quantitative estimate of drug-likeness (QED) is 0.200. The number of rotatable bonds is 4. The molecule has 0 atom stereocenters. The van der Waals surface area contributed by atoms with Crippen molar-refractivity contribution in [2.45, 2.75) is 0 Å². The van der Waals surface area contributed by atoms with E-state index in [4.69, 9.17) is 27.9 Å². The van der Waals surface area contributed by atoms with Gasteiger partial charge in [-0.3, -0.25) is 4.99 Å². The second kappa shape index (κ2) is 8.48. The summed E-state index contributed by atoms with van der Waals surface area (Å²) in [5.41, 5.74) is 1.75. The van der Waals surface area contributed by atoms with Crippen LogP contribution in [0.4, 0.5) is 5.69 Å². The van der Waals surface area contributed by atoms with Crippen molar-refractivity contribution in [1.29, 1.82) is 0 Å². The molecule has 0 saturated heterocycles. The lowest BCUT2D eigenvalue weighted by Crippen LogP contribution is -2.09. The molecule has 0 fully saturated rings. The fourth-order valence-electron chi connectivity index (χ4n) is 2.93. The Morgan fingerprint density at radius 2 is 1.55 bits per heavy atom. The predicted molar refractivity (Wildman–Crippen MR) is 119 cm³/mol. The van der Waals surface area contributed by atoms with E-state index < -0.39 is 5.97 Å². The zero-order valence-corrected chi connectivity index (χ0v) is 16.7. The van der Waals surface area contributed by atoms with Gasteiger partial charge in [-0.25, -0.2) is 4.79 Å². The van der Waals surface area contributed by atoms with Crippen LogP contribution in [0.1, 0.15) is 15.9 Å². The molecule has 4 aromatic rings. The van der Waals surface area contributed by atoms with Crippen LogP contribution in [0.15, 0.2) is 89.9 Å². The first kappa shape index (κ1) is 19.2. The van der Waals surface area contributed by atoms with Crippen molar-refractivity contribution in [2.24, 2.45) is 4.99 Å². The van der Waals surface area contributed by atoms with Gasteiger partial charge in [0.25, 0.3) is 0 Å². The fourth-order valence-corrected chi connectivity index (χ4v) is 3.24. The summed E-state index contributed by atoms with van der Waals surface area (Å²) in [6.07, 6.45) is 1.67. The number of hydrogen-bond donors (Lipinski definition) is 0. The third kappa shape index (κ3) is 4.32. The summed E-state index contributed by atoms with van der Waals surface area (Å²) >= 11 is 12.1. The van der Waals surface area contributed by atoms with Gasteiger partial charge < -0.3 is 4.74 Å². The Morgan fingerprint density at radius 3 is 2.34 bits per heavy atom. The van der Waals surface area contributed by atoms with E-state index in [1.165, 1.54) is 0 Å². The van der Waals surface area contributed by atoms with Gasteiger partial charge >= 0.3 is 5.97 Å². The Hall–Kier alpha value is -3.14. The molecule has 0 unspecified atom stereocenters. The van der Waals surface area contributed by atoms with Crippen molar-refractivity contribution < 1.29 is 9.53 Å². The van der Waals surface area contributed by atoms with Gasteiger partial charge in [-0.15, -0.1) is 0 Å². The number of nitrogens with zero attached hydrogens (tertiary/aromatic N) is 1. The highest BCUT2D eigenvalue weighted by Crippen LogP contribution is 2.29. The molecule has 0 aliphatic rings. The zero-order valence-electron chi connectivity index (χ0n) is 15.2. The number of aliphatic imine (C=N–C) groups is 1. The van der Waals surface area contributed by atoms with Gasteiger partial charge in [0.1, 0.15) is 5.75 Å². The number of esters is 1. The number of fused-ring (bicyclic) bond motifs is 1. The van der Waals surface area contributed by atoms with Crippen LogP contribution in [-0.2, 0) is 0 Å². The van der Waals surface area contributed by atoms with E-state index in [-0.39, 0.29) is 0 Å². The molecule has 0 saturated carbocycles. The third-order valence-electron chi connectivity index (χ3n) is 4.40. The minimum Gasteiger partial charge on any atom is -0.422 e. The van der Waals surface area contributed by atoms with E-state index in [0.29, 0.717) is 32.6 Å². The summed E-state index contributed by atoms with van der Waals surface area (Å²) in [7, 11) is 0. The van der Waals surface area contributed by atoms with Gasteiger partial charge in [-0.2, -0.15) is 0 Å². The van der Waals surface area contributed by atoms with Gasteiger partial charge in [-0.05, 0) is 53.2 Å². The molecule has 0 N–H and O–H groups in total. The lowest BCUT2D eigenvalue weighted by molar-refractivity contribution is 0.0735. The highest BCUT2D eigenvalue weighted by atomic mass is 35.5. The highest BCUT2D eigenvalue weighted by molar-refractivity contribution is 6.33. The predicted octanol–water partition coefficient (Wildman–Crippen LogP) is 7.12. The molecule has 0 heterocycles. The van der Waals surface area contributed by atoms with Crippen molar-refractivity contribution >= 4 is 51.8 Å². The molecular formula is C24H15Cl2NO2. The molecule has 0 aliphatic heterocycles. The van der Waals surface area contributed by atoms with E-state index in [0.717, 1.165) is 10.8 Å². The SMILES string of the molecule is O=C(Oc1ccc2ccccc2c1C=Nc1ccccc1Cl)c1ccc(Cl)cc1. The van der Waals surface area contributed by atoms with Crippen LogP contribution in [0, 0.1) is 0 Å². The minimum atomic E-state index is -0.468. The maximum atomic E-state index is 12.6. The Kier molecular flexibility index (Phi) is 5.61. The molecular weight excluding hydrogens is 405 g/mol. The van der Waals surface area contributed by atoms with Crippen LogP contribution in [0.5, 0.6) is 5.75 Å². The van der Waals surface area contributed by atoms with E-state index in [9.17, 15) is 4.79 Å². The molecule has 3 nitrogen and oxygen atoms in total. The number of ether oxygens (including phenoxy) is 1. The summed E-state index contributed by atoms with van der Waals surface area (Å²) in [5, 5.41) is 3.03. The van der Waals surface area contributed by atoms with Crippen molar-refractivity contribution in [2.75, 3.05) is 0 Å². The van der Waals surface area contributed by atoms with Gasteiger partial charge in [0.15, 0.2) is 0 Å². The van der Waals surface area contributed by atoms with Crippen molar-refractivity contribution in [3.8, 4) is 5.75 Å². The number of halogens is 2. The molecule has 0 radical (unpaired) electrons. The molecule has 5 heteroatoms. The minimum absolute atomic E-state index is 0.413. The molecule has 0 bridgehead atoms. The monoisotopic (exact) mass is 419 g/mol. The summed E-state index contributed by atoms with van der Waals surface area (Å²) in [5.74, 6) is -0.0520. The average molecular weight is 420 g/mol. The third-order valence-corrected chi connectivity index (χ3v) is 4.97. The zero-order chi connectivity index (χ0) is 20.2. The largest absolute Gasteiger partial charge is 0.422 e. The summed E-state index contributed by atoms with van der Waals surface area (Å²) in [6.45, 7) is 0. The van der Waals surface area contributed by atoms with E-state index >= 15 is 0 Å². The van der Waals surface area contributed by atoms with E-state index in [1.54, 1.807) is 42.6 Å². The number of carbonyl (C=O) groups is 1. The summed E-state index contributed by atoms with van der Waals surface area (Å²) in [4.78, 5) is 17.1. The lowest BCUT2D eigenvalue weighted by atomic mass is 10.0. The fraction of sp³-hybridized carbons (Fsp3) is 0. The standard InChI is InChI=1S/C24H15Cl2NO2/c25-18-12-9-17(10-13-18)24(28)29-23-14-11-16-5-1-2-6-19(16)20(23)15-27-22-8-4-3-7-21(22)26/h1-15H. The van der Waals surface area contributed by atoms with Gasteiger partial charge in [0.05, 0.1) is 16.3 Å². The van der Waals surface area contributed by atoms with Gasteiger partial charge in [0.2, 0.25) is 0 Å². The molecule has 4 aromatic carbocycles. The van der Waals surface area contributed by atoms with Crippen LogP contribution in [-0.4, -0.2) is 12.2 Å². The van der Waals surface area contributed by atoms with Crippen LogP contribution in [0.3, 0.4) is 0 Å². The number of benzene rings is 4. The highest BCUT2D eigenvalue weighted by Gasteiger charge is 2.13. The first-order chi connectivity index (χ1) is 14.1. The Balaban J connectivity index is 1.75. The van der Waals surface area contributed by atoms with Crippen LogP contribution >= 0.6 is 23.2 Å². The summed E-state index contributed by atoms with van der Waals surface area (Å²) < 4.78 is 5.69. The normalized spacial score (nSPS) is 11.1. The average Bonchev–Trinajstić information content (AvgIpc) is 2.74. The Labute approximate surface area is 178 Å². The lowest BCUT2D eigenvalue weighted by Gasteiger charge is -2.11. The van der Waals surface area contributed by atoms with Crippen molar-refractivity contribution in [3.05, 3.63) is 106 Å². The van der Waals surface area contributed by atoms with Gasteiger partial charge in [-0.1, -0.05) is 65.7 Å². The molecule has 0 aromatic heterocycles. The molecule has 29 heavy (non-hydrogen) atoms. The topological polar surface area (TPSA) is 38.7 Å². The Bertz CT molecular complexity index is 1220. The number of hydrogen-bond acceptors (Lipinski definition) is 3. The van der Waals surface area contributed by atoms with E-state index in [2.05, 4.69) is 4.99 Å². The van der Waals surface area contributed by atoms with Crippen LogP contribution in [0.2, 0.25) is 10.0 Å². The second-order valence-electron chi connectivity index (χ2n) is 6.30. The maximum absolute atomic E-state index is 12.6. The summed E-state index contributed by atoms with van der Waals surface area (Å²) in [6, 6.07) is 25.4. The molecule has 0 amide bonds. The maximum Gasteiger partial charge on any atom is 0.343 e. The number of carbonyl (C=O) groups excluding carboxylic acids is 1. The van der Waals surface area contributed by atoms with Crippen molar-refractivity contribution in [3.63, 3.8) is 0 Å². The molecule has 4 rings (SSSR count). The smallest absolute Gasteiger partial charge is 0.343 e. The van der Waals surface area contributed by atoms with Crippen molar-refractivity contribution in [1.82, 2.24) is 0 Å². The van der Waals surface area contributed by atoms with Crippen LogP contribution < -0.4 is 4.74 Å². The molecule has 142 valence electrons. The van der Waals surface area contributed by atoms with Gasteiger partial charge in [0, 0.05) is 16.8 Å². The Morgan fingerprint density at radius 1 is 0.828 bits per heavy atom. The first-order valence-corrected chi connectivity index (χ1v) is 9.65. The molecule has 0 spiro atoms. The van der Waals surface area contributed by atoms with E-state index in [1.807, 2.05) is 48.5 Å². The molecule has 0 aliphatic carbocycles.